The lowest BCUT2D eigenvalue weighted by Gasteiger charge is -2.23. The van der Waals surface area contributed by atoms with E-state index in [1.54, 1.807) is 42.7 Å². The number of aromatic nitrogens is 9. The summed E-state index contributed by atoms with van der Waals surface area (Å²) in [7, 11) is 1.72. The lowest BCUT2D eigenvalue weighted by Crippen LogP contribution is -2.36. The second-order valence-electron chi connectivity index (χ2n) is 8.42. The average Bonchev–Trinajstić information content (AvgIpc) is 3.10. The van der Waals surface area contributed by atoms with Gasteiger partial charge in [-0.2, -0.15) is 14.6 Å². The molecule has 0 saturated heterocycles. The lowest BCUT2D eigenvalue weighted by molar-refractivity contribution is -0.128. The van der Waals surface area contributed by atoms with Crippen LogP contribution < -0.4 is 5.32 Å². The van der Waals surface area contributed by atoms with Crippen molar-refractivity contribution in [3.8, 4) is 17.3 Å². The molecule has 13 heteroatoms. The highest BCUT2D eigenvalue weighted by Gasteiger charge is 2.74. The van der Waals surface area contributed by atoms with E-state index in [4.69, 9.17) is 0 Å². The van der Waals surface area contributed by atoms with E-state index in [0.717, 1.165) is 0 Å². The molecule has 13 nitrogen and oxygen atoms in total. The molecule has 2 saturated carbocycles. The van der Waals surface area contributed by atoms with Crippen LogP contribution in [0.15, 0.2) is 31.1 Å². The first-order valence-electron chi connectivity index (χ1n) is 10.4. The number of carbonyl (C=O) groups excluding carboxylic acids is 1. The second-order valence-corrected chi connectivity index (χ2v) is 8.42. The first-order chi connectivity index (χ1) is 16.0. The van der Waals surface area contributed by atoms with Crippen molar-refractivity contribution in [2.45, 2.75) is 31.6 Å². The quantitative estimate of drug-likeness (QED) is 0.369. The third-order valence-electron chi connectivity index (χ3n) is 6.82. The average molecular weight is 448 g/mol. The zero-order valence-electron chi connectivity index (χ0n) is 17.7. The Hall–Kier alpha value is -3.84. The van der Waals surface area contributed by atoms with Crippen LogP contribution in [0.4, 0.5) is 5.82 Å². The lowest BCUT2D eigenvalue weighted by atomic mass is 9.95. The highest BCUT2D eigenvalue weighted by molar-refractivity contribution is 5.88. The number of imidazole rings is 1. The maximum atomic E-state index is 12.2. The van der Waals surface area contributed by atoms with Crippen molar-refractivity contribution in [1.82, 2.24) is 44.5 Å². The Morgan fingerprint density at radius 3 is 2.76 bits per heavy atom. The SMILES string of the molecule is CNc1nc(-n2cc(-c3cnccn3)nn2)nc2c1ncn2[C@@H]1C2C[C@]2(C(C)=O)C(O)[C@H]1O. The molecule has 0 radical (unpaired) electrons. The number of nitrogens with zero attached hydrogens (tertiary/aromatic N) is 9. The Bertz CT molecular complexity index is 1390. The predicted octanol–water partition coefficient (Wildman–Crippen LogP) is -0.223. The van der Waals surface area contributed by atoms with Gasteiger partial charge in [0.1, 0.15) is 23.3 Å². The van der Waals surface area contributed by atoms with Crippen LogP contribution in [-0.4, -0.2) is 79.7 Å². The summed E-state index contributed by atoms with van der Waals surface area (Å²) in [6, 6.07) is -0.535. The van der Waals surface area contributed by atoms with Crippen LogP contribution >= 0.6 is 0 Å². The van der Waals surface area contributed by atoms with Gasteiger partial charge in [0.2, 0.25) is 0 Å². The fraction of sp³-hybridized carbons (Fsp3) is 0.400. The van der Waals surface area contributed by atoms with Crippen LogP contribution in [0, 0.1) is 11.3 Å². The Morgan fingerprint density at radius 1 is 1.21 bits per heavy atom. The van der Waals surface area contributed by atoms with Crippen LogP contribution in [0.1, 0.15) is 19.4 Å². The molecular formula is C20H20N10O3. The van der Waals surface area contributed by atoms with Gasteiger partial charge in [-0.05, 0) is 19.3 Å². The van der Waals surface area contributed by atoms with Crippen LogP contribution in [0.2, 0.25) is 0 Å². The van der Waals surface area contributed by atoms with Crippen LogP contribution in [0.25, 0.3) is 28.5 Å². The highest BCUT2D eigenvalue weighted by atomic mass is 16.3. The van der Waals surface area contributed by atoms with Gasteiger partial charge >= 0.3 is 0 Å². The van der Waals surface area contributed by atoms with Crippen LogP contribution in [0.5, 0.6) is 0 Å². The Morgan fingerprint density at radius 2 is 2.06 bits per heavy atom. The number of fused-ring (bicyclic) bond motifs is 2. The summed E-state index contributed by atoms with van der Waals surface area (Å²) >= 11 is 0. The zero-order valence-corrected chi connectivity index (χ0v) is 17.7. The molecule has 2 aliphatic carbocycles. The normalized spacial score (nSPS) is 28.1. The van der Waals surface area contributed by atoms with Crippen LogP contribution in [-0.2, 0) is 4.79 Å². The summed E-state index contributed by atoms with van der Waals surface area (Å²) in [6.45, 7) is 1.46. The van der Waals surface area contributed by atoms with E-state index in [-0.39, 0.29) is 17.6 Å². The number of nitrogens with one attached hydrogen (secondary N) is 1. The molecule has 3 N–H and O–H groups in total. The number of rotatable bonds is 5. The molecule has 2 fully saturated rings. The molecule has 0 aliphatic heterocycles. The van der Waals surface area contributed by atoms with E-state index < -0.39 is 23.7 Å². The van der Waals surface area contributed by atoms with E-state index >= 15 is 0 Å². The van der Waals surface area contributed by atoms with Crippen molar-refractivity contribution < 1.29 is 15.0 Å². The van der Waals surface area contributed by atoms with Crippen molar-refractivity contribution >= 4 is 22.8 Å². The molecule has 168 valence electrons. The zero-order chi connectivity index (χ0) is 22.9. The first kappa shape index (κ1) is 19.8. The number of hydrogen-bond acceptors (Lipinski definition) is 11. The van der Waals surface area contributed by atoms with Crippen LogP contribution in [0.3, 0.4) is 0 Å². The molecule has 2 unspecified atom stereocenters. The number of aliphatic hydroxyl groups is 2. The third kappa shape index (κ3) is 2.66. The summed E-state index contributed by atoms with van der Waals surface area (Å²) in [6.07, 6.45) is 6.19. The van der Waals surface area contributed by atoms with Gasteiger partial charge in [-0.1, -0.05) is 5.21 Å². The minimum atomic E-state index is -1.13. The number of hydrogen-bond donors (Lipinski definition) is 3. The standard InChI is InChI=1S/C20H20N10O3/c1-9(31)20-5-10(20)14(15(32)16(20)33)29-8-24-13-17(21-2)25-19(26-18(13)29)30-7-12(27-28-30)11-6-22-3-4-23-11/h3-4,6-8,10,14-16,32-33H,5H2,1-2H3,(H,21,25,26)/t10?,14-,15+,16?,20-/m1/s1. The molecule has 33 heavy (non-hydrogen) atoms. The van der Waals surface area contributed by atoms with Gasteiger partial charge < -0.3 is 20.1 Å². The molecule has 0 amide bonds. The fourth-order valence-corrected chi connectivity index (χ4v) is 5.08. The van der Waals surface area contributed by atoms with Gasteiger partial charge in [0.25, 0.3) is 5.95 Å². The topological polar surface area (TPSA) is 170 Å². The summed E-state index contributed by atoms with van der Waals surface area (Å²) in [5.41, 5.74) is 1.10. The van der Waals surface area contributed by atoms with Crippen molar-refractivity contribution in [2.75, 3.05) is 12.4 Å². The molecule has 0 bridgehead atoms. The molecule has 4 aromatic rings. The van der Waals surface area contributed by atoms with Gasteiger partial charge in [-0.3, -0.25) is 14.8 Å². The van der Waals surface area contributed by atoms with Gasteiger partial charge in [-0.15, -0.1) is 5.10 Å². The summed E-state index contributed by atoms with van der Waals surface area (Å²) < 4.78 is 3.14. The Kier molecular flexibility index (Phi) is 4.10. The molecule has 6 rings (SSSR count). The number of carbonyl (C=O) groups is 1. The fourth-order valence-electron chi connectivity index (χ4n) is 5.08. The third-order valence-corrected chi connectivity index (χ3v) is 6.82. The van der Waals surface area contributed by atoms with Crippen molar-refractivity contribution in [1.29, 1.82) is 0 Å². The molecule has 2 aliphatic rings. The van der Waals surface area contributed by atoms with E-state index in [1.807, 2.05) is 0 Å². The minimum Gasteiger partial charge on any atom is -0.389 e. The number of anilines is 1. The Labute approximate surface area is 186 Å². The molecule has 0 spiro atoms. The monoisotopic (exact) mass is 448 g/mol. The van der Waals surface area contributed by atoms with E-state index in [2.05, 4.69) is 40.5 Å². The van der Waals surface area contributed by atoms with Crippen molar-refractivity contribution in [2.24, 2.45) is 11.3 Å². The van der Waals surface area contributed by atoms with Crippen molar-refractivity contribution in [3.05, 3.63) is 31.1 Å². The largest absolute Gasteiger partial charge is 0.389 e. The summed E-state index contributed by atoms with van der Waals surface area (Å²) in [5.74, 6) is 0.393. The molecular weight excluding hydrogens is 428 g/mol. The predicted molar refractivity (Wildman–Crippen MR) is 113 cm³/mol. The van der Waals surface area contributed by atoms with E-state index in [0.29, 0.717) is 34.8 Å². The highest BCUT2D eigenvalue weighted by Crippen LogP contribution is 2.68. The minimum absolute atomic E-state index is 0.114. The van der Waals surface area contributed by atoms with E-state index in [9.17, 15) is 15.0 Å². The van der Waals surface area contributed by atoms with Gasteiger partial charge in [0, 0.05) is 19.4 Å². The molecule has 4 aromatic heterocycles. The summed E-state index contributed by atoms with van der Waals surface area (Å²) in [4.78, 5) is 34.1. The maximum Gasteiger partial charge on any atom is 0.256 e. The second kappa shape index (κ2) is 6.83. The maximum absolute atomic E-state index is 12.2. The molecule has 5 atom stereocenters. The Balaban J connectivity index is 1.45. The number of Topliss-reactive ketones (excluding diaryl/α,β-unsaturated/α-hetero) is 1. The first-order valence-corrected chi connectivity index (χ1v) is 10.4. The van der Waals surface area contributed by atoms with Gasteiger partial charge in [0.05, 0.1) is 36.3 Å². The van der Waals surface area contributed by atoms with Gasteiger partial charge in [-0.25, -0.2) is 4.98 Å². The molecule has 0 aromatic carbocycles. The van der Waals surface area contributed by atoms with Gasteiger partial charge in [0.15, 0.2) is 17.0 Å². The smallest absolute Gasteiger partial charge is 0.256 e. The summed E-state index contributed by atoms with van der Waals surface area (Å²) in [5, 5.41) is 32.7. The van der Waals surface area contributed by atoms with E-state index in [1.165, 1.54) is 11.6 Å². The number of aliphatic hydroxyl groups excluding tert-OH is 2. The molecule has 4 heterocycles. The number of ketones is 1. The van der Waals surface area contributed by atoms with Crippen molar-refractivity contribution in [3.63, 3.8) is 0 Å².